The summed E-state index contributed by atoms with van der Waals surface area (Å²) >= 11 is 6.10. The molecule has 0 bridgehead atoms. The fourth-order valence-corrected chi connectivity index (χ4v) is 2.51. The minimum absolute atomic E-state index is 0.0443. The van der Waals surface area contributed by atoms with Crippen LogP contribution in [0, 0.1) is 0 Å². The van der Waals surface area contributed by atoms with E-state index in [1.165, 1.54) is 6.33 Å². The Bertz CT molecular complexity index is 656. The Morgan fingerprint density at radius 2 is 1.95 bits per heavy atom. The Labute approximate surface area is 128 Å². The van der Waals surface area contributed by atoms with Gasteiger partial charge in [-0.05, 0) is 25.0 Å². The second-order valence-corrected chi connectivity index (χ2v) is 5.30. The fraction of sp³-hybridized carbons (Fsp3) is 0.267. The van der Waals surface area contributed by atoms with Crippen molar-refractivity contribution in [3.05, 3.63) is 47.4 Å². The van der Waals surface area contributed by atoms with Gasteiger partial charge < -0.3 is 10.2 Å². The van der Waals surface area contributed by atoms with Crippen LogP contribution in [-0.2, 0) is 0 Å². The summed E-state index contributed by atoms with van der Waals surface area (Å²) in [5.74, 6) is 0.512. The van der Waals surface area contributed by atoms with E-state index < -0.39 is 0 Å². The van der Waals surface area contributed by atoms with Crippen molar-refractivity contribution in [3.8, 4) is 0 Å². The first-order chi connectivity index (χ1) is 10.2. The van der Waals surface area contributed by atoms with E-state index in [1.807, 2.05) is 23.1 Å². The van der Waals surface area contributed by atoms with Crippen LogP contribution in [0.25, 0.3) is 0 Å². The van der Waals surface area contributed by atoms with Crippen molar-refractivity contribution in [1.29, 1.82) is 0 Å². The Balaban J connectivity index is 1.80. The zero-order chi connectivity index (χ0) is 14.7. The van der Waals surface area contributed by atoms with Gasteiger partial charge in [-0.2, -0.15) is 0 Å². The third-order valence-electron chi connectivity index (χ3n) is 3.42. The highest BCUT2D eigenvalue weighted by molar-refractivity contribution is 6.33. The standard InChI is InChI=1S/C15H15ClN4O/c16-11-5-1-2-6-12(11)19-14-9-13(17-10-18-14)15(21)20-7-3-4-8-20/h1-2,5-6,9-10H,3-4,7-8H2,(H,17,18,19). The van der Waals surface area contributed by atoms with Gasteiger partial charge in [0, 0.05) is 19.2 Å². The van der Waals surface area contributed by atoms with E-state index in [9.17, 15) is 4.79 Å². The quantitative estimate of drug-likeness (QED) is 0.946. The zero-order valence-corrected chi connectivity index (χ0v) is 12.2. The lowest BCUT2D eigenvalue weighted by molar-refractivity contribution is 0.0787. The molecule has 6 heteroatoms. The van der Waals surface area contributed by atoms with E-state index in [4.69, 9.17) is 11.6 Å². The minimum Gasteiger partial charge on any atom is -0.339 e. The van der Waals surface area contributed by atoms with E-state index >= 15 is 0 Å². The maximum absolute atomic E-state index is 12.3. The van der Waals surface area contributed by atoms with Gasteiger partial charge >= 0.3 is 0 Å². The molecule has 0 atom stereocenters. The SMILES string of the molecule is O=C(c1cc(Nc2ccccc2Cl)ncn1)N1CCCC1. The first-order valence-corrected chi connectivity index (χ1v) is 7.25. The molecule has 1 fully saturated rings. The smallest absolute Gasteiger partial charge is 0.272 e. The maximum atomic E-state index is 12.3. The second kappa shape index (κ2) is 6.10. The summed E-state index contributed by atoms with van der Waals surface area (Å²) in [4.78, 5) is 22.3. The summed E-state index contributed by atoms with van der Waals surface area (Å²) in [6, 6.07) is 9.04. The van der Waals surface area contributed by atoms with Crippen LogP contribution >= 0.6 is 11.6 Å². The Kier molecular flexibility index (Phi) is 4.01. The van der Waals surface area contributed by atoms with Gasteiger partial charge in [-0.1, -0.05) is 23.7 Å². The van der Waals surface area contributed by atoms with E-state index in [1.54, 1.807) is 12.1 Å². The van der Waals surface area contributed by atoms with Crippen LogP contribution in [-0.4, -0.2) is 33.9 Å². The average Bonchev–Trinajstić information content (AvgIpc) is 3.03. The number of nitrogens with one attached hydrogen (secondary N) is 1. The molecule has 21 heavy (non-hydrogen) atoms. The molecule has 1 aromatic carbocycles. The summed E-state index contributed by atoms with van der Waals surface area (Å²) in [5.41, 5.74) is 1.15. The molecule has 2 heterocycles. The number of hydrogen-bond acceptors (Lipinski definition) is 4. The molecule has 108 valence electrons. The number of anilines is 2. The van der Waals surface area contributed by atoms with Crippen LogP contribution in [0.3, 0.4) is 0 Å². The van der Waals surface area contributed by atoms with E-state index in [0.717, 1.165) is 31.6 Å². The number of carbonyl (C=O) groups is 1. The maximum Gasteiger partial charge on any atom is 0.272 e. The number of benzene rings is 1. The number of likely N-dealkylation sites (tertiary alicyclic amines) is 1. The highest BCUT2D eigenvalue weighted by Crippen LogP contribution is 2.24. The summed E-state index contributed by atoms with van der Waals surface area (Å²) in [5, 5.41) is 3.70. The van der Waals surface area contributed by atoms with Gasteiger partial charge in [-0.15, -0.1) is 0 Å². The van der Waals surface area contributed by atoms with Crippen molar-refractivity contribution in [2.45, 2.75) is 12.8 Å². The predicted molar refractivity (Wildman–Crippen MR) is 81.9 cm³/mol. The molecule has 0 saturated carbocycles. The topological polar surface area (TPSA) is 58.1 Å². The molecule has 1 aliphatic heterocycles. The number of carbonyl (C=O) groups excluding carboxylic acids is 1. The predicted octanol–water partition coefficient (Wildman–Crippen LogP) is 3.11. The summed E-state index contributed by atoms with van der Waals surface area (Å²) < 4.78 is 0. The van der Waals surface area contributed by atoms with Crippen LogP contribution in [0.15, 0.2) is 36.7 Å². The number of nitrogens with zero attached hydrogens (tertiary/aromatic N) is 3. The minimum atomic E-state index is -0.0443. The molecule has 1 aliphatic rings. The number of hydrogen-bond donors (Lipinski definition) is 1. The average molecular weight is 303 g/mol. The first-order valence-electron chi connectivity index (χ1n) is 6.87. The molecule has 0 aliphatic carbocycles. The molecule has 0 radical (unpaired) electrons. The van der Waals surface area contributed by atoms with Crippen molar-refractivity contribution in [2.24, 2.45) is 0 Å². The van der Waals surface area contributed by atoms with Crippen molar-refractivity contribution < 1.29 is 4.79 Å². The zero-order valence-electron chi connectivity index (χ0n) is 11.4. The van der Waals surface area contributed by atoms with Gasteiger partial charge in [-0.25, -0.2) is 9.97 Å². The number of amides is 1. The summed E-state index contributed by atoms with van der Waals surface area (Å²) in [6.45, 7) is 1.60. The molecule has 3 rings (SSSR count). The molecular weight excluding hydrogens is 288 g/mol. The van der Waals surface area contributed by atoms with Gasteiger partial charge in [0.25, 0.3) is 5.91 Å². The first kappa shape index (κ1) is 13.8. The van der Waals surface area contributed by atoms with Crippen LogP contribution in [0.1, 0.15) is 23.3 Å². The largest absolute Gasteiger partial charge is 0.339 e. The van der Waals surface area contributed by atoms with Gasteiger partial charge in [0.05, 0.1) is 10.7 Å². The van der Waals surface area contributed by atoms with Gasteiger partial charge in [-0.3, -0.25) is 4.79 Å². The molecule has 1 saturated heterocycles. The monoisotopic (exact) mass is 302 g/mol. The molecule has 1 amide bonds. The normalized spacial score (nSPS) is 14.2. The van der Waals surface area contributed by atoms with Crippen LogP contribution in [0.4, 0.5) is 11.5 Å². The van der Waals surface area contributed by atoms with E-state index in [0.29, 0.717) is 16.5 Å². The Morgan fingerprint density at radius 3 is 2.71 bits per heavy atom. The molecule has 0 unspecified atom stereocenters. The van der Waals surface area contributed by atoms with Gasteiger partial charge in [0.2, 0.25) is 0 Å². The molecular formula is C15H15ClN4O. The molecule has 0 spiro atoms. The van der Waals surface area contributed by atoms with Gasteiger partial charge in [0.1, 0.15) is 17.8 Å². The molecule has 1 aromatic heterocycles. The van der Waals surface area contributed by atoms with E-state index in [-0.39, 0.29) is 5.91 Å². The highest BCUT2D eigenvalue weighted by Gasteiger charge is 2.20. The second-order valence-electron chi connectivity index (χ2n) is 4.89. The third-order valence-corrected chi connectivity index (χ3v) is 3.75. The summed E-state index contributed by atoms with van der Waals surface area (Å²) in [6.07, 6.45) is 3.51. The number of aromatic nitrogens is 2. The van der Waals surface area contributed by atoms with E-state index in [2.05, 4.69) is 15.3 Å². The molecule has 2 aromatic rings. The summed E-state index contributed by atoms with van der Waals surface area (Å²) in [7, 11) is 0. The van der Waals surface area contributed by atoms with Crippen molar-refractivity contribution in [1.82, 2.24) is 14.9 Å². The van der Waals surface area contributed by atoms with Crippen LogP contribution in [0.5, 0.6) is 0 Å². The van der Waals surface area contributed by atoms with Gasteiger partial charge in [0.15, 0.2) is 0 Å². The highest BCUT2D eigenvalue weighted by atomic mass is 35.5. The number of halogens is 1. The van der Waals surface area contributed by atoms with Crippen LogP contribution in [0.2, 0.25) is 5.02 Å². The Hall–Kier alpha value is -2.14. The third kappa shape index (κ3) is 3.13. The number of para-hydroxylation sites is 1. The van der Waals surface area contributed by atoms with Crippen LogP contribution < -0.4 is 5.32 Å². The van der Waals surface area contributed by atoms with Crippen molar-refractivity contribution >= 4 is 29.0 Å². The van der Waals surface area contributed by atoms with Crippen molar-refractivity contribution in [3.63, 3.8) is 0 Å². The lowest BCUT2D eigenvalue weighted by atomic mass is 10.3. The van der Waals surface area contributed by atoms with Crippen molar-refractivity contribution in [2.75, 3.05) is 18.4 Å². The lowest BCUT2D eigenvalue weighted by Crippen LogP contribution is -2.28. The fourth-order valence-electron chi connectivity index (χ4n) is 2.33. The Morgan fingerprint density at radius 1 is 1.19 bits per heavy atom. The molecule has 5 nitrogen and oxygen atoms in total. The number of rotatable bonds is 3. The molecule has 1 N–H and O–H groups in total. The lowest BCUT2D eigenvalue weighted by Gasteiger charge is -2.15.